The van der Waals surface area contributed by atoms with Gasteiger partial charge in [0.25, 0.3) is 11.9 Å². The molecule has 6 rings (SSSR count). The number of ether oxygens (including phenoxy) is 3. The smallest absolute Gasteiger partial charge is 0.424 e. The van der Waals surface area contributed by atoms with Crippen LogP contribution < -0.4 is 20.7 Å². The summed E-state index contributed by atoms with van der Waals surface area (Å²) in [6.45, 7) is 3.58. The maximum Gasteiger partial charge on any atom is 0.424 e. The van der Waals surface area contributed by atoms with Crippen molar-refractivity contribution in [1.82, 2.24) is 19.5 Å². The number of alkyl halides is 4. The molecule has 324 valence electrons. The van der Waals surface area contributed by atoms with Crippen molar-refractivity contribution in [1.29, 1.82) is 0 Å². The van der Waals surface area contributed by atoms with Gasteiger partial charge in [-0.3, -0.25) is 14.4 Å². The van der Waals surface area contributed by atoms with Crippen LogP contribution in [0.15, 0.2) is 85.1 Å². The van der Waals surface area contributed by atoms with Crippen LogP contribution in [0.1, 0.15) is 49.5 Å². The number of esters is 1. The fourth-order valence-corrected chi connectivity index (χ4v) is 5.86. The van der Waals surface area contributed by atoms with E-state index in [1.165, 1.54) is 41.0 Å². The molecule has 14 nitrogen and oxygen atoms in total. The summed E-state index contributed by atoms with van der Waals surface area (Å²) in [4.78, 5) is 58.6. The highest BCUT2D eigenvalue weighted by molar-refractivity contribution is 6.00. The quantitative estimate of drug-likeness (QED) is 0.0724. The summed E-state index contributed by atoms with van der Waals surface area (Å²) in [5.74, 6) is -3.87. The topological polar surface area (TPSA) is 171 Å². The zero-order chi connectivity index (χ0) is 43.5. The van der Waals surface area contributed by atoms with Gasteiger partial charge in [-0.25, -0.2) is 23.0 Å². The normalized spacial score (nSPS) is 14.0. The van der Waals surface area contributed by atoms with Gasteiger partial charge in [0.05, 0.1) is 24.7 Å². The Hall–Kier alpha value is -6.34. The Morgan fingerprint density at radius 2 is 1.61 bits per heavy atom. The first-order valence-electron chi connectivity index (χ1n) is 18.5. The molecule has 2 aromatic heterocycles. The minimum Gasteiger partial charge on any atom is -0.482 e. The zero-order valence-electron chi connectivity index (χ0n) is 33.1. The Morgan fingerprint density at radius 1 is 0.934 bits per heavy atom. The van der Waals surface area contributed by atoms with Gasteiger partial charge < -0.3 is 30.2 Å². The number of nitrogens with one attached hydrogen (secondary N) is 1. The van der Waals surface area contributed by atoms with Crippen molar-refractivity contribution >= 4 is 59.3 Å². The van der Waals surface area contributed by atoms with E-state index in [0.717, 1.165) is 17.0 Å². The van der Waals surface area contributed by atoms with Crippen LogP contribution >= 0.6 is 12.4 Å². The van der Waals surface area contributed by atoms with Crippen LogP contribution in [0, 0.1) is 11.2 Å². The zero-order valence-corrected chi connectivity index (χ0v) is 33.9. The number of carbonyl (C=O) groups excluding carboxylic acids is 4. The second-order valence-corrected chi connectivity index (χ2v) is 15.0. The molecule has 1 saturated heterocycles. The van der Waals surface area contributed by atoms with Crippen LogP contribution in [0.5, 0.6) is 5.75 Å². The van der Waals surface area contributed by atoms with Crippen LogP contribution in [-0.4, -0.2) is 88.3 Å². The van der Waals surface area contributed by atoms with E-state index in [4.69, 9.17) is 19.9 Å². The van der Waals surface area contributed by atoms with Crippen LogP contribution in [0.2, 0.25) is 0 Å². The van der Waals surface area contributed by atoms with Crippen molar-refractivity contribution in [3.63, 3.8) is 0 Å². The fraction of sp³-hybridized carbons (Fsp3) is 0.317. The highest BCUT2D eigenvalue weighted by atomic mass is 35.5. The number of aromatic nitrogens is 3. The third kappa shape index (κ3) is 11.1. The maximum atomic E-state index is 13.8. The first-order chi connectivity index (χ1) is 28.3. The minimum absolute atomic E-state index is 0. The number of hydrogen-bond acceptors (Lipinski definition) is 10. The summed E-state index contributed by atoms with van der Waals surface area (Å²) in [6, 6.07) is 17.9. The first-order valence-corrected chi connectivity index (χ1v) is 18.5. The molecule has 3 aromatic carbocycles. The van der Waals surface area contributed by atoms with Crippen molar-refractivity contribution in [2.75, 3.05) is 36.7 Å². The first kappa shape index (κ1) is 45.7. The van der Waals surface area contributed by atoms with Gasteiger partial charge in [0.15, 0.2) is 12.3 Å². The molecular weight excluding hydrogens is 833 g/mol. The monoisotopic (exact) mass is 873 g/mol. The Labute approximate surface area is 352 Å². The average Bonchev–Trinajstić information content (AvgIpc) is 3.61. The number of nitrogens with two attached hydrogens (primary N) is 1. The molecule has 1 aliphatic rings. The summed E-state index contributed by atoms with van der Waals surface area (Å²) in [6.07, 6.45) is -5.89. The number of benzene rings is 3. The van der Waals surface area contributed by atoms with Gasteiger partial charge in [-0.1, -0.05) is 45.0 Å². The van der Waals surface area contributed by atoms with Crippen LogP contribution in [0.4, 0.5) is 44.1 Å². The van der Waals surface area contributed by atoms with Gasteiger partial charge in [0.1, 0.15) is 23.8 Å². The summed E-state index contributed by atoms with van der Waals surface area (Å²) in [5, 5.41) is 7.18. The number of hydrogen-bond donors (Lipinski definition) is 2. The number of amides is 3. The Bertz CT molecular complexity index is 2390. The van der Waals surface area contributed by atoms with Gasteiger partial charge in [-0.05, 0) is 83.6 Å². The average molecular weight is 874 g/mol. The third-order valence-electron chi connectivity index (χ3n) is 9.49. The molecule has 5 aromatic rings. The van der Waals surface area contributed by atoms with E-state index >= 15 is 0 Å². The Balaban J connectivity index is 0.00000704. The van der Waals surface area contributed by atoms with E-state index in [1.807, 2.05) is 0 Å². The minimum atomic E-state index is -4.84. The predicted octanol–water partition coefficient (Wildman–Crippen LogP) is 7.58. The van der Waals surface area contributed by atoms with Crippen molar-refractivity contribution in [2.45, 2.75) is 52.0 Å². The Kier molecular flexibility index (Phi) is 13.9. The summed E-state index contributed by atoms with van der Waals surface area (Å²) < 4.78 is 84.0. The maximum absolute atomic E-state index is 13.8. The second-order valence-electron chi connectivity index (χ2n) is 15.0. The molecule has 1 aliphatic heterocycles. The molecule has 3 heterocycles. The summed E-state index contributed by atoms with van der Waals surface area (Å²) >= 11 is 0. The fourth-order valence-electron chi connectivity index (χ4n) is 5.86. The molecule has 3 N–H and O–H groups in total. The van der Waals surface area contributed by atoms with Gasteiger partial charge in [-0.2, -0.15) is 18.2 Å². The number of pyridine rings is 1. The molecule has 0 saturated carbocycles. The van der Waals surface area contributed by atoms with Gasteiger partial charge in [0.2, 0.25) is 12.7 Å². The third-order valence-corrected chi connectivity index (χ3v) is 9.49. The van der Waals surface area contributed by atoms with Crippen LogP contribution in [0.3, 0.4) is 0 Å². The van der Waals surface area contributed by atoms with Crippen LogP contribution in [-0.2, 0) is 19.1 Å². The summed E-state index contributed by atoms with van der Waals surface area (Å²) in [5.41, 5.74) is 7.31. The number of nitrogens with zero attached hydrogens (tertiary/aromatic N) is 5. The van der Waals surface area contributed by atoms with Gasteiger partial charge in [0, 0.05) is 17.4 Å². The van der Waals surface area contributed by atoms with E-state index in [1.54, 1.807) is 64.1 Å². The number of fused-ring (bicyclic) bond motifs is 1. The number of anilines is 3. The predicted molar refractivity (Wildman–Crippen MR) is 215 cm³/mol. The lowest BCUT2D eigenvalue weighted by Gasteiger charge is -2.34. The molecule has 1 fully saturated rings. The van der Waals surface area contributed by atoms with E-state index < -0.39 is 78.6 Å². The highest BCUT2D eigenvalue weighted by Crippen LogP contribution is 2.37. The lowest BCUT2D eigenvalue weighted by molar-refractivity contribution is -0.156. The highest BCUT2D eigenvalue weighted by Gasteiger charge is 2.35. The molecule has 0 aliphatic carbocycles. The van der Waals surface area contributed by atoms with Crippen molar-refractivity contribution in [2.24, 2.45) is 11.1 Å². The molecular formula is C41H41ClF5N7O7. The molecule has 2 unspecified atom stereocenters. The van der Waals surface area contributed by atoms with Gasteiger partial charge >= 0.3 is 18.2 Å². The molecule has 2 atom stereocenters. The number of carbonyl (C=O) groups is 4. The molecule has 3 amide bonds. The Morgan fingerprint density at radius 3 is 2.23 bits per heavy atom. The molecule has 61 heavy (non-hydrogen) atoms. The van der Waals surface area contributed by atoms with Gasteiger partial charge in [-0.15, -0.1) is 17.5 Å². The summed E-state index contributed by atoms with van der Waals surface area (Å²) in [7, 11) is 0. The SMILES string of the molecule is CC(C(=O)Nc1ccc(-c2ccn3nc(N(C(=O)OCOC(=O)C(N)C(C)(C)C)c4ccc(C(=O)N5CC(F)C5)cc4OCC(F)(F)F)nc3c2)cc1)c1ccc(F)cc1.Cl. The van der Waals surface area contributed by atoms with Crippen molar-refractivity contribution < 1.29 is 55.3 Å². The largest absolute Gasteiger partial charge is 0.482 e. The van der Waals surface area contributed by atoms with Crippen molar-refractivity contribution in [3.05, 3.63) is 102 Å². The van der Waals surface area contributed by atoms with E-state index in [-0.39, 0.29) is 48.3 Å². The lowest BCUT2D eigenvalue weighted by Crippen LogP contribution is -2.51. The standard InChI is InChI=1S/C41H40F5N7O7.ClH/c1-23(24-5-10-28(42)11-6-24)35(54)48-30-12-7-25(8-13-30)26-15-16-52-33(18-26)49-38(50-52)53(39(57)60-22-59-37(56)34(47)40(2,3)4)31-14-9-27(36(55)51-19-29(43)20-51)17-32(31)58-21-41(44,45)46;/h5-18,23,29,34H,19-22,47H2,1-4H3,(H,48,54);1H. The van der Waals surface area contributed by atoms with E-state index in [0.29, 0.717) is 27.3 Å². The molecule has 0 radical (unpaired) electrons. The second kappa shape index (κ2) is 18.5. The number of likely N-dealkylation sites (tertiary alicyclic amines) is 1. The number of rotatable bonds is 12. The molecule has 20 heteroatoms. The molecule has 0 spiro atoms. The van der Waals surface area contributed by atoms with E-state index in [9.17, 15) is 41.1 Å². The van der Waals surface area contributed by atoms with Crippen molar-refractivity contribution in [3.8, 4) is 16.9 Å². The molecule has 0 bridgehead atoms. The lowest BCUT2D eigenvalue weighted by atomic mass is 9.87. The van der Waals surface area contributed by atoms with Crippen LogP contribution in [0.25, 0.3) is 16.8 Å². The van der Waals surface area contributed by atoms with E-state index in [2.05, 4.69) is 15.4 Å². The number of halogens is 6.